The molecule has 0 amide bonds. The van der Waals surface area contributed by atoms with Crippen LogP contribution in [0.2, 0.25) is 0 Å². The van der Waals surface area contributed by atoms with Crippen LogP contribution in [0.15, 0.2) is 66.1 Å². The number of hydrogen-bond donors (Lipinski definition) is 1. The smallest absolute Gasteiger partial charge is 0.152 e. The lowest BCUT2D eigenvalue weighted by atomic mass is 10.1. The molecule has 2 aliphatic heterocycles. The van der Waals surface area contributed by atoms with Crippen LogP contribution in [0.5, 0.6) is 0 Å². The van der Waals surface area contributed by atoms with Crippen LogP contribution < -0.4 is 10.2 Å². The summed E-state index contributed by atoms with van der Waals surface area (Å²) in [5.41, 5.74) is 4.25. The van der Waals surface area contributed by atoms with Gasteiger partial charge in [0, 0.05) is 40.8 Å². The van der Waals surface area contributed by atoms with E-state index in [4.69, 9.17) is 0 Å². The van der Waals surface area contributed by atoms with E-state index in [9.17, 15) is 0 Å². The molecule has 5 nitrogen and oxygen atoms in total. The Labute approximate surface area is 158 Å². The molecule has 2 aliphatic rings. The van der Waals surface area contributed by atoms with E-state index < -0.39 is 0 Å². The predicted octanol–water partition coefficient (Wildman–Crippen LogP) is 4.50. The van der Waals surface area contributed by atoms with E-state index in [1.54, 1.807) is 0 Å². The number of nitrogens with zero attached hydrogens (tertiary/aromatic N) is 4. The maximum atomic E-state index is 4.66. The van der Waals surface area contributed by atoms with E-state index in [2.05, 4.69) is 69.0 Å². The first-order chi connectivity index (χ1) is 13.2. The van der Waals surface area contributed by atoms with Crippen molar-refractivity contribution in [2.75, 3.05) is 10.2 Å². The summed E-state index contributed by atoms with van der Waals surface area (Å²) in [5.74, 6) is 1.83. The fourth-order valence-electron chi connectivity index (χ4n) is 3.98. The molecule has 5 heteroatoms. The van der Waals surface area contributed by atoms with Crippen LogP contribution in [0.3, 0.4) is 0 Å². The number of benzene rings is 1. The molecule has 4 heterocycles. The number of hydrogen-bond acceptors (Lipinski definition) is 5. The van der Waals surface area contributed by atoms with Gasteiger partial charge in [-0.2, -0.15) is 0 Å². The van der Waals surface area contributed by atoms with E-state index >= 15 is 0 Å². The van der Waals surface area contributed by atoms with E-state index in [1.807, 2.05) is 18.5 Å². The number of nitrogens with one attached hydrogen (secondary N) is 1. The molecule has 1 saturated heterocycles. The van der Waals surface area contributed by atoms with Gasteiger partial charge in [0.05, 0.1) is 6.54 Å². The highest BCUT2D eigenvalue weighted by molar-refractivity contribution is 6.10. The molecule has 1 fully saturated rings. The molecule has 0 radical (unpaired) electrons. The molecule has 1 N–H and O–H groups in total. The third-order valence-electron chi connectivity index (χ3n) is 5.39. The molecule has 5 rings (SSSR count). The monoisotopic (exact) mass is 355 g/mol. The highest BCUT2D eigenvalue weighted by atomic mass is 15.2. The number of allylic oxidation sites excluding steroid dienone is 1. The molecule has 0 aliphatic carbocycles. The first-order valence-corrected chi connectivity index (χ1v) is 9.32. The van der Waals surface area contributed by atoms with Gasteiger partial charge < -0.3 is 10.2 Å². The molecule has 27 heavy (non-hydrogen) atoms. The maximum absolute atomic E-state index is 4.66. The number of amidine groups is 1. The predicted molar refractivity (Wildman–Crippen MR) is 110 cm³/mol. The fraction of sp³-hybridized carbons (Fsp3) is 0.227. The Kier molecular flexibility index (Phi) is 3.67. The van der Waals surface area contributed by atoms with Crippen molar-refractivity contribution in [1.29, 1.82) is 0 Å². The summed E-state index contributed by atoms with van der Waals surface area (Å²) in [5, 5.41) is 5.72. The summed E-state index contributed by atoms with van der Waals surface area (Å²) in [6.07, 6.45) is 5.85. The van der Waals surface area contributed by atoms with Crippen LogP contribution in [-0.4, -0.2) is 21.8 Å². The fourth-order valence-corrected chi connectivity index (χ4v) is 3.98. The van der Waals surface area contributed by atoms with Crippen molar-refractivity contribution in [3.8, 4) is 0 Å². The first-order valence-electron chi connectivity index (χ1n) is 9.32. The van der Waals surface area contributed by atoms with Crippen molar-refractivity contribution in [3.63, 3.8) is 0 Å². The Morgan fingerprint density at radius 3 is 2.93 bits per heavy atom. The lowest BCUT2D eigenvalue weighted by Gasteiger charge is -2.25. The number of aromatic nitrogens is 2. The maximum Gasteiger partial charge on any atom is 0.152 e. The minimum absolute atomic E-state index is 0.434. The molecule has 3 aromatic rings. The molecular weight excluding hydrogens is 334 g/mol. The average molecular weight is 355 g/mol. The molecule has 0 spiro atoms. The van der Waals surface area contributed by atoms with Crippen LogP contribution in [0, 0.1) is 0 Å². The van der Waals surface area contributed by atoms with Gasteiger partial charge in [0.15, 0.2) is 5.84 Å². The normalized spacial score (nSPS) is 18.7. The molecule has 1 unspecified atom stereocenters. The second-order valence-electron chi connectivity index (χ2n) is 7.20. The Hall–Kier alpha value is -3.21. The zero-order chi connectivity index (χ0) is 18.4. The zero-order valence-electron chi connectivity index (χ0n) is 15.3. The van der Waals surface area contributed by atoms with Crippen molar-refractivity contribution in [3.05, 3.63) is 72.3 Å². The summed E-state index contributed by atoms with van der Waals surface area (Å²) in [4.78, 5) is 16.0. The van der Waals surface area contributed by atoms with Gasteiger partial charge in [0.25, 0.3) is 0 Å². The Morgan fingerprint density at radius 1 is 1.15 bits per heavy atom. The molecule has 1 atom stereocenters. The summed E-state index contributed by atoms with van der Waals surface area (Å²) >= 11 is 0. The van der Waals surface area contributed by atoms with Crippen molar-refractivity contribution >= 4 is 28.1 Å². The topological polar surface area (TPSA) is 53.4 Å². The second-order valence-corrected chi connectivity index (χ2v) is 7.20. The molecule has 2 aromatic heterocycles. The van der Waals surface area contributed by atoms with Gasteiger partial charge in [-0.3, -0.25) is 9.98 Å². The van der Waals surface area contributed by atoms with E-state index in [0.717, 1.165) is 57.9 Å². The Bertz CT molecular complexity index is 1090. The lowest BCUT2D eigenvalue weighted by Crippen LogP contribution is -2.25. The molecule has 0 saturated carbocycles. The highest BCUT2D eigenvalue weighted by Gasteiger charge is 2.26. The molecule has 134 valence electrons. The summed E-state index contributed by atoms with van der Waals surface area (Å²) in [6.45, 7) is 7.14. The minimum atomic E-state index is 0.434. The van der Waals surface area contributed by atoms with Crippen LogP contribution in [-0.2, 0) is 6.54 Å². The second kappa shape index (κ2) is 6.20. The van der Waals surface area contributed by atoms with Crippen LogP contribution in [0.1, 0.15) is 31.0 Å². The Morgan fingerprint density at radius 2 is 2.07 bits per heavy atom. The largest absolute Gasteiger partial charge is 0.339 e. The van der Waals surface area contributed by atoms with E-state index in [1.165, 1.54) is 0 Å². The van der Waals surface area contributed by atoms with Gasteiger partial charge in [0.1, 0.15) is 11.5 Å². The van der Waals surface area contributed by atoms with Crippen LogP contribution in [0.4, 0.5) is 11.5 Å². The number of fused-ring (bicyclic) bond motifs is 2. The number of anilines is 2. The first kappa shape index (κ1) is 16.0. The molecule has 0 bridgehead atoms. The van der Waals surface area contributed by atoms with E-state index in [0.29, 0.717) is 12.6 Å². The average Bonchev–Trinajstić information content (AvgIpc) is 3.24. The van der Waals surface area contributed by atoms with Gasteiger partial charge in [0.2, 0.25) is 0 Å². The third-order valence-corrected chi connectivity index (χ3v) is 5.39. The molecular formula is C22H21N5. The van der Waals surface area contributed by atoms with Gasteiger partial charge in [-0.15, -0.1) is 0 Å². The van der Waals surface area contributed by atoms with Crippen molar-refractivity contribution in [2.24, 2.45) is 4.99 Å². The zero-order valence-corrected chi connectivity index (χ0v) is 15.3. The summed E-state index contributed by atoms with van der Waals surface area (Å²) in [7, 11) is 0. The van der Waals surface area contributed by atoms with Crippen molar-refractivity contribution < 1.29 is 0 Å². The van der Waals surface area contributed by atoms with Crippen LogP contribution in [0.25, 0.3) is 10.8 Å². The molecule has 1 aromatic carbocycles. The van der Waals surface area contributed by atoms with Gasteiger partial charge in [-0.05, 0) is 55.5 Å². The van der Waals surface area contributed by atoms with Crippen molar-refractivity contribution in [2.45, 2.75) is 32.4 Å². The van der Waals surface area contributed by atoms with Gasteiger partial charge >= 0.3 is 0 Å². The number of pyridine rings is 2. The minimum Gasteiger partial charge on any atom is -0.339 e. The summed E-state index contributed by atoms with van der Waals surface area (Å²) in [6, 6.07) is 12.9. The van der Waals surface area contributed by atoms with Gasteiger partial charge in [-0.1, -0.05) is 12.6 Å². The van der Waals surface area contributed by atoms with Gasteiger partial charge in [-0.25, -0.2) is 4.98 Å². The quantitative estimate of drug-likeness (QED) is 0.735. The summed E-state index contributed by atoms with van der Waals surface area (Å²) < 4.78 is 0. The SMILES string of the molecule is C=C1CCC(C)N1c1nccc2cc(NC3=NCc4cccnc43)ccc12. The number of aliphatic imine (C=N–C) groups is 1. The Balaban J connectivity index is 1.50. The third kappa shape index (κ3) is 2.67. The number of rotatable bonds is 2. The standard InChI is InChI=1S/C22H21N5/c1-14-5-6-15(2)27(14)22-19-8-7-18(12-16(19)9-11-24-22)26-21-20-17(13-25-21)4-3-10-23-20/h3-4,7-12,15H,1,5-6,13H2,2H3,(H,25,26). The lowest BCUT2D eigenvalue weighted by molar-refractivity contribution is 0.734. The van der Waals surface area contributed by atoms with Crippen LogP contribution >= 0.6 is 0 Å². The van der Waals surface area contributed by atoms with Crippen molar-refractivity contribution in [1.82, 2.24) is 9.97 Å². The highest BCUT2D eigenvalue weighted by Crippen LogP contribution is 2.35. The van der Waals surface area contributed by atoms with E-state index in [-0.39, 0.29) is 0 Å².